The van der Waals surface area contributed by atoms with Crippen LogP contribution >= 0.6 is 0 Å². The van der Waals surface area contributed by atoms with Crippen molar-refractivity contribution in [1.82, 2.24) is 0 Å². The Morgan fingerprint density at radius 2 is 2.00 bits per heavy atom. The lowest BCUT2D eigenvalue weighted by molar-refractivity contribution is -0.103. The van der Waals surface area contributed by atoms with E-state index < -0.39 is 0 Å². The first-order chi connectivity index (χ1) is 6.36. The highest BCUT2D eigenvalue weighted by molar-refractivity contribution is 5.13. The predicted molar refractivity (Wildman–Crippen MR) is 50.3 cm³/mol. The van der Waals surface area contributed by atoms with Crippen molar-refractivity contribution in [2.24, 2.45) is 0 Å². The molecule has 2 rings (SSSR count). The molecule has 1 aliphatic rings. The van der Waals surface area contributed by atoms with Crippen LogP contribution < -0.4 is 0 Å². The van der Waals surface area contributed by atoms with Crippen LogP contribution in [0.3, 0.4) is 0 Å². The van der Waals surface area contributed by atoms with E-state index in [9.17, 15) is 5.11 Å². The normalized spacial score (nSPS) is 26.8. The first-order valence-electron chi connectivity index (χ1n) is 4.70. The van der Waals surface area contributed by atoms with Gasteiger partial charge >= 0.3 is 0 Å². The summed E-state index contributed by atoms with van der Waals surface area (Å²) in [5.74, 6) is 0. The third-order valence-corrected chi connectivity index (χ3v) is 2.48. The summed E-state index contributed by atoms with van der Waals surface area (Å²) < 4.78 is 5.53. The smallest absolute Gasteiger partial charge is 0.0839 e. The molecule has 0 heterocycles. The molecule has 13 heavy (non-hydrogen) atoms. The highest BCUT2D eigenvalue weighted by Crippen LogP contribution is 2.23. The Bertz CT molecular complexity index is 258. The molecule has 2 atom stereocenters. The van der Waals surface area contributed by atoms with Gasteiger partial charge in [-0.05, 0) is 18.4 Å². The summed E-state index contributed by atoms with van der Waals surface area (Å²) >= 11 is 0. The first-order valence-corrected chi connectivity index (χ1v) is 4.70. The zero-order valence-corrected chi connectivity index (χ0v) is 7.52. The number of benzene rings is 1. The van der Waals surface area contributed by atoms with Crippen LogP contribution in [-0.4, -0.2) is 17.3 Å². The maximum atomic E-state index is 9.26. The topological polar surface area (TPSA) is 29.5 Å². The van der Waals surface area contributed by atoms with Crippen molar-refractivity contribution in [3.8, 4) is 0 Å². The molecule has 1 aromatic rings. The largest absolute Gasteiger partial charge is 0.390 e. The molecule has 0 bridgehead atoms. The molecule has 1 aromatic carbocycles. The minimum Gasteiger partial charge on any atom is -0.390 e. The van der Waals surface area contributed by atoms with Gasteiger partial charge in [-0.3, -0.25) is 0 Å². The molecule has 0 radical (unpaired) electrons. The molecule has 1 fully saturated rings. The summed E-state index contributed by atoms with van der Waals surface area (Å²) in [7, 11) is 0. The number of ether oxygens (including phenoxy) is 1. The van der Waals surface area contributed by atoms with E-state index in [0.717, 1.165) is 12.8 Å². The van der Waals surface area contributed by atoms with E-state index in [1.165, 1.54) is 5.56 Å². The van der Waals surface area contributed by atoms with Gasteiger partial charge in [0.05, 0.1) is 18.8 Å². The van der Waals surface area contributed by atoms with Gasteiger partial charge in [0.2, 0.25) is 0 Å². The Kier molecular flexibility index (Phi) is 2.62. The highest BCUT2D eigenvalue weighted by Gasteiger charge is 2.29. The molecule has 0 unspecified atom stereocenters. The van der Waals surface area contributed by atoms with E-state index in [0.29, 0.717) is 6.61 Å². The van der Waals surface area contributed by atoms with E-state index in [4.69, 9.17) is 4.74 Å². The standard InChI is InChI=1S/C11H14O2/c12-10-6-7-11(10)13-8-9-4-2-1-3-5-9/h1-5,10-12H,6-8H2/t10-,11-/m1/s1. The van der Waals surface area contributed by atoms with E-state index in [-0.39, 0.29) is 12.2 Å². The average molecular weight is 178 g/mol. The van der Waals surface area contributed by atoms with Gasteiger partial charge in [0.15, 0.2) is 0 Å². The van der Waals surface area contributed by atoms with Crippen molar-refractivity contribution in [1.29, 1.82) is 0 Å². The average Bonchev–Trinajstić information content (AvgIpc) is 2.17. The molecule has 2 heteroatoms. The molecule has 2 nitrogen and oxygen atoms in total. The summed E-state index contributed by atoms with van der Waals surface area (Å²) in [5.41, 5.74) is 1.17. The van der Waals surface area contributed by atoms with Crippen molar-refractivity contribution in [2.75, 3.05) is 0 Å². The van der Waals surface area contributed by atoms with Crippen molar-refractivity contribution >= 4 is 0 Å². The lowest BCUT2D eigenvalue weighted by atomic mass is 9.92. The van der Waals surface area contributed by atoms with Crippen LogP contribution in [0.25, 0.3) is 0 Å². The van der Waals surface area contributed by atoms with Gasteiger partial charge in [0, 0.05) is 0 Å². The van der Waals surface area contributed by atoms with Crippen molar-refractivity contribution in [3.63, 3.8) is 0 Å². The molecule has 0 aliphatic heterocycles. The van der Waals surface area contributed by atoms with Crippen molar-refractivity contribution in [3.05, 3.63) is 35.9 Å². The fourth-order valence-corrected chi connectivity index (χ4v) is 1.42. The summed E-state index contributed by atoms with van der Waals surface area (Å²) in [6, 6.07) is 10.0. The first kappa shape index (κ1) is 8.73. The number of hydrogen-bond acceptors (Lipinski definition) is 2. The van der Waals surface area contributed by atoms with Gasteiger partial charge in [-0.15, -0.1) is 0 Å². The summed E-state index contributed by atoms with van der Waals surface area (Å²) in [6.07, 6.45) is 1.72. The van der Waals surface area contributed by atoms with Gasteiger partial charge in [-0.2, -0.15) is 0 Å². The third kappa shape index (κ3) is 2.08. The van der Waals surface area contributed by atoms with E-state index in [1.54, 1.807) is 0 Å². The molecule has 0 amide bonds. The Balaban J connectivity index is 1.80. The number of aliphatic hydroxyl groups excluding tert-OH is 1. The lowest BCUT2D eigenvalue weighted by Gasteiger charge is -2.32. The quantitative estimate of drug-likeness (QED) is 0.763. The molecule has 0 spiro atoms. The number of hydrogen-bond donors (Lipinski definition) is 1. The third-order valence-electron chi connectivity index (χ3n) is 2.48. The minimum atomic E-state index is -0.233. The second-order valence-corrected chi connectivity index (χ2v) is 3.48. The maximum Gasteiger partial charge on any atom is 0.0839 e. The molecule has 1 aliphatic carbocycles. The Morgan fingerprint density at radius 1 is 1.23 bits per heavy atom. The zero-order valence-electron chi connectivity index (χ0n) is 7.52. The predicted octanol–water partition coefficient (Wildman–Crippen LogP) is 1.73. The van der Waals surface area contributed by atoms with E-state index in [2.05, 4.69) is 0 Å². The van der Waals surface area contributed by atoms with Gasteiger partial charge in [0.1, 0.15) is 0 Å². The molecule has 0 aromatic heterocycles. The van der Waals surface area contributed by atoms with Crippen LogP contribution in [-0.2, 0) is 11.3 Å². The second kappa shape index (κ2) is 3.90. The molecular weight excluding hydrogens is 164 g/mol. The van der Waals surface area contributed by atoms with Crippen LogP contribution in [0.1, 0.15) is 18.4 Å². The lowest BCUT2D eigenvalue weighted by Crippen LogP contribution is -2.38. The Hall–Kier alpha value is -0.860. The SMILES string of the molecule is O[C@@H]1CC[C@H]1OCc1ccccc1. The van der Waals surface area contributed by atoms with E-state index in [1.807, 2.05) is 30.3 Å². The Morgan fingerprint density at radius 3 is 2.54 bits per heavy atom. The monoisotopic (exact) mass is 178 g/mol. The van der Waals surface area contributed by atoms with E-state index >= 15 is 0 Å². The fourth-order valence-electron chi connectivity index (χ4n) is 1.42. The van der Waals surface area contributed by atoms with Crippen LogP contribution in [0.2, 0.25) is 0 Å². The van der Waals surface area contributed by atoms with Crippen LogP contribution in [0.15, 0.2) is 30.3 Å². The van der Waals surface area contributed by atoms with Crippen LogP contribution in [0.4, 0.5) is 0 Å². The van der Waals surface area contributed by atoms with Crippen LogP contribution in [0, 0.1) is 0 Å². The number of rotatable bonds is 3. The van der Waals surface area contributed by atoms with Crippen molar-refractivity contribution < 1.29 is 9.84 Å². The molecular formula is C11H14O2. The Labute approximate surface area is 78.2 Å². The van der Waals surface area contributed by atoms with Gasteiger partial charge in [-0.1, -0.05) is 30.3 Å². The summed E-state index contributed by atoms with van der Waals surface area (Å²) in [6.45, 7) is 0.614. The van der Waals surface area contributed by atoms with Gasteiger partial charge in [0.25, 0.3) is 0 Å². The molecule has 0 saturated heterocycles. The molecule has 1 saturated carbocycles. The number of aliphatic hydroxyl groups is 1. The second-order valence-electron chi connectivity index (χ2n) is 3.48. The van der Waals surface area contributed by atoms with Crippen molar-refractivity contribution in [2.45, 2.75) is 31.7 Å². The van der Waals surface area contributed by atoms with Crippen LogP contribution in [0.5, 0.6) is 0 Å². The summed E-state index contributed by atoms with van der Waals surface area (Å²) in [5, 5.41) is 9.26. The molecule has 1 N–H and O–H groups in total. The summed E-state index contributed by atoms with van der Waals surface area (Å²) in [4.78, 5) is 0. The van der Waals surface area contributed by atoms with Gasteiger partial charge in [-0.25, -0.2) is 0 Å². The minimum absolute atomic E-state index is 0.0696. The fraction of sp³-hybridized carbons (Fsp3) is 0.455. The van der Waals surface area contributed by atoms with Gasteiger partial charge < -0.3 is 9.84 Å². The zero-order chi connectivity index (χ0) is 9.10. The highest BCUT2D eigenvalue weighted by atomic mass is 16.5. The molecule has 70 valence electrons. The maximum absolute atomic E-state index is 9.26.